The summed E-state index contributed by atoms with van der Waals surface area (Å²) in [6, 6.07) is 15.0. The smallest absolute Gasteiger partial charge is 0.258 e. The molecular formula is C25H26N2O2S. The van der Waals surface area contributed by atoms with E-state index in [4.69, 9.17) is 0 Å². The number of aryl methyl sites for hydroxylation is 2. The van der Waals surface area contributed by atoms with Crippen LogP contribution in [0.5, 0.6) is 0 Å². The van der Waals surface area contributed by atoms with Gasteiger partial charge in [-0.1, -0.05) is 31.2 Å². The number of fused-ring (bicyclic) bond motifs is 1. The maximum absolute atomic E-state index is 13.3. The number of amides is 2. The summed E-state index contributed by atoms with van der Waals surface area (Å²) in [5.41, 5.74) is 5.37. The lowest BCUT2D eigenvalue weighted by molar-refractivity contribution is 0.102. The van der Waals surface area contributed by atoms with Crippen molar-refractivity contribution in [3.05, 3.63) is 81.2 Å². The highest BCUT2D eigenvalue weighted by Crippen LogP contribution is 2.40. The van der Waals surface area contributed by atoms with Gasteiger partial charge in [-0.3, -0.25) is 9.59 Å². The Bertz CT molecular complexity index is 1100. The molecule has 1 aliphatic rings. The molecule has 1 aromatic heterocycles. The Morgan fingerprint density at radius 1 is 0.967 bits per heavy atom. The van der Waals surface area contributed by atoms with E-state index in [-0.39, 0.29) is 11.8 Å². The zero-order valence-electron chi connectivity index (χ0n) is 17.5. The van der Waals surface area contributed by atoms with Gasteiger partial charge in [-0.05, 0) is 80.0 Å². The van der Waals surface area contributed by atoms with Gasteiger partial charge in [0, 0.05) is 16.1 Å². The van der Waals surface area contributed by atoms with E-state index in [1.165, 1.54) is 10.4 Å². The van der Waals surface area contributed by atoms with E-state index in [0.29, 0.717) is 22.0 Å². The zero-order chi connectivity index (χ0) is 21.3. The molecule has 0 aliphatic heterocycles. The van der Waals surface area contributed by atoms with Crippen LogP contribution in [0.15, 0.2) is 48.5 Å². The molecule has 0 radical (unpaired) electrons. The molecule has 2 aromatic carbocycles. The maximum Gasteiger partial charge on any atom is 0.258 e. The molecule has 154 valence electrons. The van der Waals surface area contributed by atoms with E-state index in [2.05, 4.69) is 24.5 Å². The van der Waals surface area contributed by atoms with Crippen molar-refractivity contribution in [2.24, 2.45) is 5.92 Å². The van der Waals surface area contributed by atoms with E-state index < -0.39 is 0 Å². The summed E-state index contributed by atoms with van der Waals surface area (Å²) in [7, 11) is 0. The maximum atomic E-state index is 13.3. The molecular weight excluding hydrogens is 392 g/mol. The van der Waals surface area contributed by atoms with Crippen molar-refractivity contribution in [3.8, 4) is 0 Å². The van der Waals surface area contributed by atoms with Gasteiger partial charge >= 0.3 is 0 Å². The molecule has 4 rings (SSSR count). The first kappa shape index (κ1) is 20.4. The van der Waals surface area contributed by atoms with Crippen molar-refractivity contribution in [1.29, 1.82) is 0 Å². The third-order valence-electron chi connectivity index (χ3n) is 5.77. The lowest BCUT2D eigenvalue weighted by atomic mass is 9.88. The van der Waals surface area contributed by atoms with Crippen LogP contribution in [0.4, 0.5) is 10.7 Å². The first-order valence-corrected chi connectivity index (χ1v) is 11.1. The monoisotopic (exact) mass is 418 g/mol. The van der Waals surface area contributed by atoms with Gasteiger partial charge in [0.15, 0.2) is 0 Å². The number of hydrogen-bond acceptors (Lipinski definition) is 3. The summed E-state index contributed by atoms with van der Waals surface area (Å²) in [6.45, 7) is 6.32. The van der Waals surface area contributed by atoms with Crippen LogP contribution in [-0.2, 0) is 12.8 Å². The molecule has 3 aromatic rings. The molecule has 0 fully saturated rings. The zero-order valence-corrected chi connectivity index (χ0v) is 18.4. The summed E-state index contributed by atoms with van der Waals surface area (Å²) in [6.07, 6.45) is 2.87. The number of benzene rings is 2. The van der Waals surface area contributed by atoms with Gasteiger partial charge in [-0.25, -0.2) is 0 Å². The van der Waals surface area contributed by atoms with Gasteiger partial charge in [0.25, 0.3) is 11.8 Å². The Morgan fingerprint density at radius 3 is 2.47 bits per heavy atom. The second-order valence-electron chi connectivity index (χ2n) is 8.13. The first-order valence-electron chi connectivity index (χ1n) is 10.3. The average Bonchev–Trinajstić information content (AvgIpc) is 3.08. The van der Waals surface area contributed by atoms with Gasteiger partial charge in [0.1, 0.15) is 5.00 Å². The minimum absolute atomic E-state index is 0.159. The molecule has 0 spiro atoms. The Kier molecular flexibility index (Phi) is 5.73. The molecule has 1 aliphatic carbocycles. The van der Waals surface area contributed by atoms with Crippen LogP contribution in [-0.4, -0.2) is 11.8 Å². The van der Waals surface area contributed by atoms with Crippen LogP contribution in [0.2, 0.25) is 0 Å². The molecule has 5 heteroatoms. The van der Waals surface area contributed by atoms with Crippen LogP contribution in [0.25, 0.3) is 0 Å². The minimum atomic E-state index is -0.192. The van der Waals surface area contributed by atoms with Crippen LogP contribution in [0.1, 0.15) is 55.6 Å². The van der Waals surface area contributed by atoms with Crippen LogP contribution in [0, 0.1) is 19.8 Å². The fraction of sp³-hybridized carbons (Fsp3) is 0.280. The lowest BCUT2D eigenvalue weighted by Crippen LogP contribution is -2.19. The number of carbonyl (C=O) groups excluding carboxylic acids is 2. The molecule has 1 atom stereocenters. The average molecular weight is 419 g/mol. The highest BCUT2D eigenvalue weighted by Gasteiger charge is 2.28. The number of hydrogen-bond donors (Lipinski definition) is 2. The fourth-order valence-corrected chi connectivity index (χ4v) is 5.26. The Balaban J connectivity index is 1.67. The normalized spacial score (nSPS) is 15.4. The molecule has 2 amide bonds. The molecule has 30 heavy (non-hydrogen) atoms. The number of thiophene rings is 1. The second kappa shape index (κ2) is 8.44. The summed E-state index contributed by atoms with van der Waals surface area (Å²) in [5, 5.41) is 6.69. The van der Waals surface area contributed by atoms with Gasteiger partial charge in [0.05, 0.1) is 5.56 Å². The quantitative estimate of drug-likeness (QED) is 0.546. The SMILES string of the molecule is Cc1ccc(NC(=O)c2c(NC(=O)c3ccccc3)sc3c2CCC(C)C3)cc1C. The fourth-order valence-electron chi connectivity index (χ4n) is 3.86. The molecule has 0 saturated carbocycles. The van der Waals surface area contributed by atoms with Gasteiger partial charge < -0.3 is 10.6 Å². The second-order valence-corrected chi connectivity index (χ2v) is 9.23. The predicted octanol–water partition coefficient (Wildman–Crippen LogP) is 5.99. The van der Waals surface area contributed by atoms with Gasteiger partial charge in [0.2, 0.25) is 0 Å². The summed E-state index contributed by atoms with van der Waals surface area (Å²) in [4.78, 5) is 27.3. The number of anilines is 2. The Hall–Kier alpha value is -2.92. The minimum Gasteiger partial charge on any atom is -0.322 e. The van der Waals surface area contributed by atoms with Crippen molar-refractivity contribution in [1.82, 2.24) is 0 Å². The third-order valence-corrected chi connectivity index (χ3v) is 6.94. The number of nitrogens with one attached hydrogen (secondary N) is 2. The van der Waals surface area contributed by atoms with E-state index in [1.807, 2.05) is 43.3 Å². The molecule has 1 heterocycles. The molecule has 0 saturated heterocycles. The van der Waals surface area contributed by atoms with Crippen molar-refractivity contribution in [2.45, 2.75) is 40.0 Å². The van der Waals surface area contributed by atoms with Crippen LogP contribution in [0.3, 0.4) is 0 Å². The molecule has 2 N–H and O–H groups in total. The van der Waals surface area contributed by atoms with E-state index in [1.54, 1.807) is 23.5 Å². The van der Waals surface area contributed by atoms with Crippen molar-refractivity contribution >= 4 is 33.8 Å². The van der Waals surface area contributed by atoms with Crippen LogP contribution >= 0.6 is 11.3 Å². The van der Waals surface area contributed by atoms with Gasteiger partial charge in [-0.15, -0.1) is 11.3 Å². The van der Waals surface area contributed by atoms with E-state index >= 15 is 0 Å². The lowest BCUT2D eigenvalue weighted by Gasteiger charge is -2.18. The molecule has 1 unspecified atom stereocenters. The van der Waals surface area contributed by atoms with Crippen molar-refractivity contribution in [2.75, 3.05) is 10.6 Å². The number of carbonyl (C=O) groups is 2. The highest BCUT2D eigenvalue weighted by molar-refractivity contribution is 7.17. The topological polar surface area (TPSA) is 58.2 Å². The highest BCUT2D eigenvalue weighted by atomic mass is 32.1. The summed E-state index contributed by atoms with van der Waals surface area (Å²) in [5.74, 6) is 0.237. The first-order chi connectivity index (χ1) is 14.4. The third kappa shape index (κ3) is 4.17. The largest absolute Gasteiger partial charge is 0.322 e. The predicted molar refractivity (Wildman–Crippen MR) is 124 cm³/mol. The number of rotatable bonds is 4. The van der Waals surface area contributed by atoms with E-state index in [0.717, 1.165) is 36.1 Å². The Morgan fingerprint density at radius 2 is 1.73 bits per heavy atom. The van der Waals surface area contributed by atoms with Crippen LogP contribution < -0.4 is 10.6 Å². The summed E-state index contributed by atoms with van der Waals surface area (Å²) >= 11 is 1.54. The molecule has 0 bridgehead atoms. The molecule has 4 nitrogen and oxygen atoms in total. The van der Waals surface area contributed by atoms with Crippen molar-refractivity contribution in [3.63, 3.8) is 0 Å². The van der Waals surface area contributed by atoms with E-state index in [9.17, 15) is 9.59 Å². The standard InChI is InChI=1S/C25H26N2O2S/c1-15-9-12-20-21(13-15)30-25(27-23(28)18-7-5-4-6-8-18)22(20)24(29)26-19-11-10-16(2)17(3)14-19/h4-8,10-11,14-15H,9,12-13H2,1-3H3,(H,26,29)(H,27,28). The van der Waals surface area contributed by atoms with Crippen molar-refractivity contribution < 1.29 is 9.59 Å². The summed E-state index contributed by atoms with van der Waals surface area (Å²) < 4.78 is 0. The Labute approximate surface area is 181 Å². The van der Waals surface area contributed by atoms with Gasteiger partial charge in [-0.2, -0.15) is 0 Å².